The summed E-state index contributed by atoms with van der Waals surface area (Å²) in [4.78, 5) is 17.9. The van der Waals surface area contributed by atoms with Gasteiger partial charge >= 0.3 is 0 Å². The van der Waals surface area contributed by atoms with E-state index in [0.717, 1.165) is 24.0 Å². The van der Waals surface area contributed by atoms with Gasteiger partial charge in [0.15, 0.2) is 0 Å². The molecule has 2 aromatic rings. The molecule has 0 bridgehead atoms. The maximum absolute atomic E-state index is 13.4. The van der Waals surface area contributed by atoms with Gasteiger partial charge in [-0.25, -0.2) is 8.42 Å². The summed E-state index contributed by atoms with van der Waals surface area (Å²) in [7, 11) is -2.35. The van der Waals surface area contributed by atoms with Crippen molar-refractivity contribution in [3.05, 3.63) is 46.3 Å². The highest BCUT2D eigenvalue weighted by Crippen LogP contribution is 2.31. The Labute approximate surface area is 161 Å². The fourth-order valence-corrected chi connectivity index (χ4v) is 5.22. The number of aryl methyl sites for hydroxylation is 4. The molecule has 3 rings (SSSR count). The van der Waals surface area contributed by atoms with Crippen LogP contribution in [-0.2, 0) is 10.0 Å². The van der Waals surface area contributed by atoms with Crippen molar-refractivity contribution in [2.24, 2.45) is 0 Å². The number of H-pyrrole nitrogens is 1. The zero-order valence-electron chi connectivity index (χ0n) is 16.6. The first kappa shape index (κ1) is 19.5. The van der Waals surface area contributed by atoms with Crippen molar-refractivity contribution in [3.63, 3.8) is 0 Å². The lowest BCUT2D eigenvalue weighted by Crippen LogP contribution is -2.32. The van der Waals surface area contributed by atoms with Crippen LogP contribution in [0.1, 0.15) is 45.7 Å². The summed E-state index contributed by atoms with van der Waals surface area (Å²) >= 11 is 0. The molecular formula is C20H27N3O3S. The van der Waals surface area contributed by atoms with Crippen molar-refractivity contribution in [2.75, 3.05) is 24.4 Å². The van der Waals surface area contributed by atoms with E-state index in [1.165, 1.54) is 11.4 Å². The van der Waals surface area contributed by atoms with E-state index >= 15 is 0 Å². The quantitative estimate of drug-likeness (QED) is 0.872. The molecule has 0 unspecified atom stereocenters. The molecule has 1 N–H and O–H groups in total. The molecule has 1 amide bonds. The Morgan fingerprint density at radius 2 is 1.67 bits per heavy atom. The molecule has 0 spiro atoms. The van der Waals surface area contributed by atoms with E-state index in [1.807, 2.05) is 26.0 Å². The van der Waals surface area contributed by atoms with Gasteiger partial charge in [0, 0.05) is 31.5 Å². The molecule has 1 aromatic heterocycles. The third kappa shape index (κ3) is 3.36. The van der Waals surface area contributed by atoms with Crippen LogP contribution in [0.25, 0.3) is 0 Å². The van der Waals surface area contributed by atoms with Crippen molar-refractivity contribution in [3.8, 4) is 0 Å². The minimum Gasteiger partial charge on any atom is -0.361 e. The van der Waals surface area contributed by atoms with Crippen molar-refractivity contribution in [2.45, 2.75) is 45.4 Å². The van der Waals surface area contributed by atoms with E-state index in [-0.39, 0.29) is 16.4 Å². The van der Waals surface area contributed by atoms with Crippen molar-refractivity contribution < 1.29 is 13.2 Å². The minimum absolute atomic E-state index is 0.0811. The summed E-state index contributed by atoms with van der Waals surface area (Å²) in [5.41, 5.74) is 4.05. The Bertz CT molecular complexity index is 986. The maximum atomic E-state index is 13.4. The van der Waals surface area contributed by atoms with E-state index in [4.69, 9.17) is 0 Å². The molecule has 0 aliphatic carbocycles. The lowest BCUT2D eigenvalue weighted by Gasteiger charge is -2.22. The van der Waals surface area contributed by atoms with Crippen LogP contribution in [-0.4, -0.2) is 44.3 Å². The van der Waals surface area contributed by atoms with Crippen LogP contribution >= 0.6 is 0 Å². The van der Waals surface area contributed by atoms with Crippen LogP contribution in [0, 0.1) is 27.7 Å². The Morgan fingerprint density at radius 1 is 1.04 bits per heavy atom. The van der Waals surface area contributed by atoms with Gasteiger partial charge in [-0.2, -0.15) is 0 Å². The predicted octanol–water partition coefficient (Wildman–Crippen LogP) is 3.31. The molecule has 146 valence electrons. The Morgan fingerprint density at radius 3 is 2.26 bits per heavy atom. The number of likely N-dealkylation sites (tertiary alicyclic amines) is 1. The molecule has 1 aliphatic rings. The van der Waals surface area contributed by atoms with Crippen LogP contribution in [0.2, 0.25) is 0 Å². The lowest BCUT2D eigenvalue weighted by molar-refractivity contribution is 0.0788. The van der Waals surface area contributed by atoms with Crippen molar-refractivity contribution in [1.82, 2.24) is 9.88 Å². The van der Waals surface area contributed by atoms with Gasteiger partial charge in [-0.3, -0.25) is 9.10 Å². The average molecular weight is 390 g/mol. The Balaban J connectivity index is 2.08. The molecule has 1 aliphatic heterocycles. The van der Waals surface area contributed by atoms with Crippen LogP contribution in [0.5, 0.6) is 0 Å². The van der Waals surface area contributed by atoms with Gasteiger partial charge in [0.25, 0.3) is 15.9 Å². The highest BCUT2D eigenvalue weighted by molar-refractivity contribution is 7.93. The number of sulfonamides is 1. The number of carbonyl (C=O) groups excluding carboxylic acids is 1. The number of hydrogen-bond acceptors (Lipinski definition) is 3. The van der Waals surface area contributed by atoms with Gasteiger partial charge < -0.3 is 9.88 Å². The highest BCUT2D eigenvalue weighted by atomic mass is 32.2. The fourth-order valence-electron chi connectivity index (χ4n) is 3.61. The smallest absolute Gasteiger partial charge is 0.266 e. The molecule has 2 heterocycles. The van der Waals surface area contributed by atoms with E-state index in [0.29, 0.717) is 30.2 Å². The highest BCUT2D eigenvalue weighted by Gasteiger charge is 2.34. The number of hydrogen-bond donors (Lipinski definition) is 1. The number of rotatable bonds is 4. The number of benzene rings is 1. The van der Waals surface area contributed by atoms with E-state index in [9.17, 15) is 13.2 Å². The number of carbonyl (C=O) groups is 1. The molecule has 1 fully saturated rings. The van der Waals surface area contributed by atoms with Crippen LogP contribution in [0.4, 0.5) is 5.69 Å². The lowest BCUT2D eigenvalue weighted by atomic mass is 10.1. The second-order valence-corrected chi connectivity index (χ2v) is 9.23. The van der Waals surface area contributed by atoms with Gasteiger partial charge in [-0.05, 0) is 63.8 Å². The van der Waals surface area contributed by atoms with Crippen LogP contribution < -0.4 is 4.31 Å². The fraction of sp³-hybridized carbons (Fsp3) is 0.450. The largest absolute Gasteiger partial charge is 0.361 e. The first-order chi connectivity index (χ1) is 12.6. The maximum Gasteiger partial charge on any atom is 0.266 e. The van der Waals surface area contributed by atoms with Gasteiger partial charge in [-0.1, -0.05) is 6.07 Å². The van der Waals surface area contributed by atoms with Crippen molar-refractivity contribution in [1.29, 1.82) is 0 Å². The third-order valence-corrected chi connectivity index (χ3v) is 7.36. The molecule has 7 heteroatoms. The number of anilines is 1. The second kappa shape index (κ2) is 7.03. The molecular weight excluding hydrogens is 362 g/mol. The summed E-state index contributed by atoms with van der Waals surface area (Å²) in [6.07, 6.45) is 1.91. The summed E-state index contributed by atoms with van der Waals surface area (Å²) in [5.74, 6) is -0.207. The first-order valence-electron chi connectivity index (χ1n) is 9.19. The SMILES string of the molecule is Cc1ccc(N(C)S(=O)(=O)c2c(C)[nH]c(C)c2C(=O)N2CCCC2)cc1C. The third-order valence-electron chi connectivity index (χ3n) is 5.40. The van der Waals surface area contributed by atoms with Crippen LogP contribution in [0.15, 0.2) is 23.1 Å². The first-order valence-corrected chi connectivity index (χ1v) is 10.6. The monoisotopic (exact) mass is 389 g/mol. The summed E-state index contributed by atoms with van der Waals surface area (Å²) < 4.78 is 28.1. The number of aromatic nitrogens is 1. The topological polar surface area (TPSA) is 73.5 Å². The summed E-state index contributed by atoms with van der Waals surface area (Å²) in [5, 5.41) is 0. The van der Waals surface area contributed by atoms with E-state index in [1.54, 1.807) is 24.8 Å². The second-order valence-electron chi connectivity index (χ2n) is 7.32. The molecule has 6 nitrogen and oxygen atoms in total. The van der Waals surface area contributed by atoms with Gasteiger partial charge in [0.05, 0.1) is 11.3 Å². The molecule has 1 aromatic carbocycles. The van der Waals surface area contributed by atoms with Crippen LogP contribution in [0.3, 0.4) is 0 Å². The Hall–Kier alpha value is -2.28. The average Bonchev–Trinajstić information content (AvgIpc) is 3.24. The van der Waals surface area contributed by atoms with Crippen molar-refractivity contribution >= 4 is 21.6 Å². The number of aromatic amines is 1. The predicted molar refractivity (Wildman–Crippen MR) is 107 cm³/mol. The van der Waals surface area contributed by atoms with E-state index in [2.05, 4.69) is 4.98 Å². The summed E-state index contributed by atoms with van der Waals surface area (Å²) in [6.45, 7) is 8.75. The standard InChI is InChI=1S/C20H27N3O3S/c1-13-8-9-17(12-14(13)2)22(5)27(25,26)19-16(4)21-15(3)18(19)20(24)23-10-6-7-11-23/h8-9,12,21H,6-7,10-11H2,1-5H3. The zero-order valence-corrected chi connectivity index (χ0v) is 17.4. The van der Waals surface area contributed by atoms with E-state index < -0.39 is 10.0 Å². The molecule has 0 radical (unpaired) electrons. The zero-order chi connectivity index (χ0) is 19.9. The van der Waals surface area contributed by atoms with Gasteiger partial charge in [0.2, 0.25) is 0 Å². The molecule has 0 saturated carbocycles. The molecule has 1 saturated heterocycles. The molecule has 0 atom stereocenters. The van der Waals surface area contributed by atoms with Gasteiger partial charge in [0.1, 0.15) is 4.90 Å². The number of nitrogens with one attached hydrogen (secondary N) is 1. The minimum atomic E-state index is -3.88. The summed E-state index contributed by atoms with van der Waals surface area (Å²) in [6, 6.07) is 5.54. The number of amides is 1. The molecule has 27 heavy (non-hydrogen) atoms. The Kier molecular flexibility index (Phi) is 5.08. The normalized spacial score (nSPS) is 14.6. The number of nitrogens with zero attached hydrogens (tertiary/aromatic N) is 2. The van der Waals surface area contributed by atoms with Gasteiger partial charge in [-0.15, -0.1) is 0 Å².